The van der Waals surface area contributed by atoms with Gasteiger partial charge < -0.3 is 20.3 Å². The highest BCUT2D eigenvalue weighted by Gasteiger charge is 2.63. The van der Waals surface area contributed by atoms with Crippen LogP contribution in [0.25, 0.3) is 0 Å². The lowest BCUT2D eigenvalue weighted by atomic mass is 9.85. The normalized spacial score (nSPS) is 24.7. The Hall–Kier alpha value is -4.74. The summed E-state index contributed by atoms with van der Waals surface area (Å²) < 4.78 is 102. The number of nitrogens with one attached hydrogen (secondary N) is 3. The fourth-order valence-electron chi connectivity index (χ4n) is 7.04. The Bertz CT molecular complexity index is 2050. The van der Waals surface area contributed by atoms with Crippen LogP contribution in [0, 0.1) is 23.0 Å². The molecule has 3 fully saturated rings. The monoisotopic (exact) mass is 795 g/mol. The van der Waals surface area contributed by atoms with Crippen LogP contribution in [0.1, 0.15) is 70.1 Å². The molecule has 0 bridgehead atoms. The Morgan fingerprint density at radius 2 is 1.75 bits per heavy atom. The molecule has 55 heavy (non-hydrogen) atoms. The van der Waals surface area contributed by atoms with Gasteiger partial charge in [0, 0.05) is 30.1 Å². The third-order valence-corrected chi connectivity index (χ3v) is 13.0. The molecule has 2 aromatic carbocycles. The lowest BCUT2D eigenvalue weighted by molar-refractivity contribution is -0.141. The minimum atomic E-state index is -4.90. The van der Waals surface area contributed by atoms with Crippen LogP contribution < -0.4 is 15.4 Å². The van der Waals surface area contributed by atoms with E-state index in [2.05, 4.69) is 21.9 Å². The Morgan fingerprint density at radius 3 is 2.33 bits per heavy atom. The van der Waals surface area contributed by atoms with Crippen molar-refractivity contribution in [3.8, 4) is 0 Å². The standard InChI is InChI=1S/C37H42F5N5O7S/c1-6-21-16-36(21,32(50)45-55(52,53)35(5)10-11-35)44-30(48)28-15-25(54-33(51)46-17-20-8-7-9-27(39)26(20)19-46)18-47(28)31(49)29(34(2,3)4)43-24-13-22(37(40,41)42)12-23(38)14-24/h6-9,12-14,21,25,28-29,43H,1,10-11,15-19H2,2-5H3,(H,44,48)(H,45,50). The Morgan fingerprint density at radius 1 is 1.05 bits per heavy atom. The van der Waals surface area contributed by atoms with Crippen molar-refractivity contribution in [2.24, 2.45) is 11.3 Å². The van der Waals surface area contributed by atoms with Crippen LogP contribution in [-0.2, 0) is 48.4 Å². The number of alkyl halides is 3. The minimum absolute atomic E-state index is 0.00124. The van der Waals surface area contributed by atoms with Crippen LogP contribution in [-0.4, -0.2) is 77.1 Å². The molecule has 0 radical (unpaired) electrons. The van der Waals surface area contributed by atoms with Crippen molar-refractivity contribution in [2.45, 2.75) is 101 Å². The molecule has 18 heteroatoms. The summed E-state index contributed by atoms with van der Waals surface area (Å²) in [4.78, 5) is 57.9. The molecule has 0 spiro atoms. The predicted molar refractivity (Wildman–Crippen MR) is 188 cm³/mol. The van der Waals surface area contributed by atoms with E-state index in [1.54, 1.807) is 26.8 Å². The number of carbonyl (C=O) groups excluding carboxylic acids is 4. The predicted octanol–water partition coefficient (Wildman–Crippen LogP) is 4.99. The third kappa shape index (κ3) is 7.87. The molecule has 12 nitrogen and oxygen atoms in total. The van der Waals surface area contributed by atoms with Crippen molar-refractivity contribution in [1.29, 1.82) is 0 Å². The highest BCUT2D eigenvalue weighted by atomic mass is 32.2. The largest absolute Gasteiger partial charge is 0.444 e. The van der Waals surface area contributed by atoms with Gasteiger partial charge in [-0.1, -0.05) is 39.0 Å². The maximum Gasteiger partial charge on any atom is 0.416 e. The first-order chi connectivity index (χ1) is 25.5. The molecular weight excluding hydrogens is 753 g/mol. The lowest BCUT2D eigenvalue weighted by Gasteiger charge is -2.36. The van der Waals surface area contributed by atoms with E-state index in [9.17, 15) is 49.5 Å². The number of amides is 4. The summed E-state index contributed by atoms with van der Waals surface area (Å²) >= 11 is 0. The maximum absolute atomic E-state index is 14.5. The smallest absolute Gasteiger partial charge is 0.416 e. The van der Waals surface area contributed by atoms with Crippen LogP contribution in [0.3, 0.4) is 0 Å². The number of nitrogens with zero attached hydrogens (tertiary/aromatic N) is 2. The highest BCUT2D eigenvalue weighted by molar-refractivity contribution is 7.91. The van der Waals surface area contributed by atoms with Gasteiger partial charge in [-0.3, -0.25) is 24.0 Å². The molecule has 2 aliphatic heterocycles. The molecule has 2 saturated carbocycles. The van der Waals surface area contributed by atoms with E-state index in [-0.39, 0.29) is 38.2 Å². The third-order valence-electron chi connectivity index (χ3n) is 10.8. The molecule has 298 valence electrons. The number of hydrogen-bond donors (Lipinski definition) is 3. The number of halogens is 5. The van der Waals surface area contributed by atoms with Gasteiger partial charge in [0.15, 0.2) is 0 Å². The first-order valence-corrected chi connectivity index (χ1v) is 19.1. The van der Waals surface area contributed by atoms with Gasteiger partial charge in [-0.05, 0) is 61.4 Å². The number of rotatable bonds is 10. The van der Waals surface area contributed by atoms with E-state index < -0.39 is 97.0 Å². The lowest BCUT2D eigenvalue weighted by Crippen LogP contribution is -2.59. The molecule has 6 rings (SSSR count). The molecular formula is C37H42F5N5O7S. The SMILES string of the molecule is C=CC1CC1(NC(=O)C1CC(OC(=O)N2Cc3cccc(F)c3C2)CN1C(=O)C(Nc1cc(F)cc(C(F)(F)F)c1)C(C)(C)C)C(=O)NS(=O)(=O)C1(C)CC1. The molecule has 2 aliphatic carbocycles. The second-order valence-corrected chi connectivity index (χ2v) is 18.2. The molecule has 3 N–H and O–H groups in total. The minimum Gasteiger partial charge on any atom is -0.444 e. The fraction of sp³-hybridized carbons (Fsp3) is 0.514. The molecule has 4 amide bonds. The van der Waals surface area contributed by atoms with Crippen molar-refractivity contribution in [1.82, 2.24) is 19.8 Å². The number of anilines is 1. The number of ether oxygens (including phenoxy) is 1. The van der Waals surface area contributed by atoms with Crippen molar-refractivity contribution in [2.75, 3.05) is 11.9 Å². The average Bonchev–Trinajstić information content (AvgIpc) is 3.89. The van der Waals surface area contributed by atoms with Gasteiger partial charge >= 0.3 is 12.3 Å². The van der Waals surface area contributed by atoms with E-state index >= 15 is 0 Å². The first-order valence-electron chi connectivity index (χ1n) is 17.7. The van der Waals surface area contributed by atoms with Crippen LogP contribution in [0.15, 0.2) is 49.1 Å². The summed E-state index contributed by atoms with van der Waals surface area (Å²) in [7, 11) is -4.11. The fourth-order valence-corrected chi connectivity index (χ4v) is 8.35. The van der Waals surface area contributed by atoms with Crippen molar-refractivity contribution in [3.05, 3.63) is 77.4 Å². The van der Waals surface area contributed by atoms with Gasteiger partial charge in [-0.25, -0.2) is 22.0 Å². The summed E-state index contributed by atoms with van der Waals surface area (Å²) in [6, 6.07) is 3.36. The van der Waals surface area contributed by atoms with Gasteiger partial charge in [0.25, 0.3) is 5.91 Å². The van der Waals surface area contributed by atoms with Gasteiger partial charge in [-0.15, -0.1) is 6.58 Å². The quantitative estimate of drug-likeness (QED) is 0.225. The molecule has 2 aromatic rings. The van der Waals surface area contributed by atoms with Gasteiger partial charge in [-0.2, -0.15) is 13.2 Å². The first kappa shape index (κ1) is 39.9. The zero-order chi connectivity index (χ0) is 40.5. The molecule has 5 atom stereocenters. The second-order valence-electron chi connectivity index (χ2n) is 16.0. The average molecular weight is 796 g/mol. The van der Waals surface area contributed by atoms with Crippen molar-refractivity contribution < 1.29 is 54.3 Å². The highest BCUT2D eigenvalue weighted by Crippen LogP contribution is 2.47. The van der Waals surface area contributed by atoms with Crippen LogP contribution in [0.5, 0.6) is 0 Å². The maximum atomic E-state index is 14.5. The zero-order valence-electron chi connectivity index (χ0n) is 30.6. The van der Waals surface area contributed by atoms with E-state index in [0.717, 1.165) is 11.0 Å². The van der Waals surface area contributed by atoms with Crippen LogP contribution >= 0.6 is 0 Å². The summed E-state index contributed by atoms with van der Waals surface area (Å²) in [6.45, 7) is 9.54. The molecule has 5 unspecified atom stereocenters. The Balaban J connectivity index is 1.27. The molecule has 0 aromatic heterocycles. The topological polar surface area (TPSA) is 154 Å². The van der Waals surface area contributed by atoms with E-state index in [4.69, 9.17) is 4.74 Å². The number of sulfonamides is 1. The van der Waals surface area contributed by atoms with Crippen molar-refractivity contribution >= 4 is 39.5 Å². The van der Waals surface area contributed by atoms with E-state index in [1.165, 1.54) is 30.0 Å². The van der Waals surface area contributed by atoms with Gasteiger partial charge in [0.2, 0.25) is 21.8 Å². The number of likely N-dealkylation sites (tertiary alicyclic amines) is 1. The Labute approximate surface area is 314 Å². The van der Waals surface area contributed by atoms with Crippen LogP contribution in [0.4, 0.5) is 32.4 Å². The zero-order valence-corrected chi connectivity index (χ0v) is 31.4. The number of carbonyl (C=O) groups is 4. The van der Waals surface area contributed by atoms with E-state index in [1.807, 2.05) is 0 Å². The molecule has 2 heterocycles. The van der Waals surface area contributed by atoms with Gasteiger partial charge in [0.05, 0.1) is 23.4 Å². The summed E-state index contributed by atoms with van der Waals surface area (Å²) in [6.07, 6.45) is -5.11. The van der Waals surface area contributed by atoms with Crippen molar-refractivity contribution in [3.63, 3.8) is 0 Å². The number of benzene rings is 2. The second kappa shape index (κ2) is 13.8. The molecule has 1 saturated heterocycles. The summed E-state index contributed by atoms with van der Waals surface area (Å²) in [5.74, 6) is -5.09. The summed E-state index contributed by atoms with van der Waals surface area (Å²) in [5, 5.41) is 5.33. The Kier molecular flexibility index (Phi) is 10.0. The van der Waals surface area contributed by atoms with Gasteiger partial charge in [0.1, 0.15) is 35.4 Å². The molecule has 4 aliphatic rings. The summed E-state index contributed by atoms with van der Waals surface area (Å²) in [5.41, 5.74) is -3.58. The number of hydrogen-bond acceptors (Lipinski definition) is 8. The van der Waals surface area contributed by atoms with E-state index in [0.29, 0.717) is 36.1 Å². The number of fused-ring (bicyclic) bond motifs is 1. The van der Waals surface area contributed by atoms with Crippen LogP contribution in [0.2, 0.25) is 0 Å².